The Balaban J connectivity index is 3.94. The van der Waals surface area contributed by atoms with Gasteiger partial charge >= 0.3 is 0 Å². The Kier molecular flexibility index (Phi) is 2.52. The van der Waals surface area contributed by atoms with Crippen LogP contribution in [0, 0.1) is 6.92 Å². The maximum atomic E-state index is 4.17. The SMILES string of the molecule is C=Cn1c(=NC)c(C)cc(=C)c1=C. The van der Waals surface area contributed by atoms with Crippen LogP contribution >= 0.6 is 0 Å². The van der Waals surface area contributed by atoms with Crippen LogP contribution in [0.15, 0.2) is 17.6 Å². The molecule has 0 aromatic carbocycles. The summed E-state index contributed by atoms with van der Waals surface area (Å²) in [5.41, 5.74) is 1.97. The highest BCUT2D eigenvalue weighted by Crippen LogP contribution is 1.79. The second-order valence-corrected chi connectivity index (χ2v) is 2.90. The Morgan fingerprint density at radius 2 is 2.08 bits per heavy atom. The van der Waals surface area contributed by atoms with Gasteiger partial charge < -0.3 is 4.57 Å². The smallest absolute Gasteiger partial charge is 0.134 e. The number of aryl methyl sites for hydroxylation is 1. The molecule has 2 heteroatoms. The lowest BCUT2D eigenvalue weighted by Crippen LogP contribution is -2.40. The van der Waals surface area contributed by atoms with Crippen LogP contribution in [0.2, 0.25) is 0 Å². The molecule has 13 heavy (non-hydrogen) atoms. The van der Waals surface area contributed by atoms with E-state index < -0.39 is 0 Å². The van der Waals surface area contributed by atoms with E-state index in [4.69, 9.17) is 0 Å². The summed E-state index contributed by atoms with van der Waals surface area (Å²) in [6, 6.07) is 1.98. The molecule has 2 nitrogen and oxygen atoms in total. The van der Waals surface area contributed by atoms with E-state index in [1.165, 1.54) is 0 Å². The summed E-state index contributed by atoms with van der Waals surface area (Å²) in [7, 11) is 1.75. The molecule has 0 aliphatic heterocycles. The fraction of sp³-hybridized carbons (Fsp3) is 0.182. The normalized spacial score (nSPS) is 11.7. The number of nitrogens with zero attached hydrogens (tertiary/aromatic N) is 2. The zero-order valence-corrected chi connectivity index (χ0v) is 8.17. The summed E-state index contributed by atoms with van der Waals surface area (Å²) >= 11 is 0. The lowest BCUT2D eigenvalue weighted by atomic mass is 10.2. The second kappa shape index (κ2) is 3.44. The van der Waals surface area contributed by atoms with E-state index in [2.05, 4.69) is 24.7 Å². The molecule has 0 N–H and O–H groups in total. The molecule has 0 fully saturated rings. The predicted molar refractivity (Wildman–Crippen MR) is 57.3 cm³/mol. The lowest BCUT2D eigenvalue weighted by Gasteiger charge is -2.04. The minimum atomic E-state index is 0.834. The molecule has 0 unspecified atom stereocenters. The van der Waals surface area contributed by atoms with Crippen molar-refractivity contribution < 1.29 is 0 Å². The Bertz CT molecular complexity index is 492. The van der Waals surface area contributed by atoms with Crippen LogP contribution in [0.25, 0.3) is 19.4 Å². The first kappa shape index (κ1) is 9.52. The van der Waals surface area contributed by atoms with Gasteiger partial charge in [-0.3, -0.25) is 4.99 Å². The van der Waals surface area contributed by atoms with Gasteiger partial charge in [0.1, 0.15) is 5.49 Å². The number of aromatic nitrogens is 1. The third-order valence-corrected chi connectivity index (χ3v) is 2.03. The highest BCUT2D eigenvalue weighted by molar-refractivity contribution is 5.26. The largest absolute Gasteiger partial charge is 0.303 e. The van der Waals surface area contributed by atoms with Crippen molar-refractivity contribution in [2.24, 2.45) is 4.99 Å². The molecule has 1 aromatic rings. The van der Waals surface area contributed by atoms with Crippen molar-refractivity contribution in [2.45, 2.75) is 6.92 Å². The summed E-state index contributed by atoms with van der Waals surface area (Å²) in [4.78, 5) is 4.17. The number of hydrogen-bond acceptors (Lipinski definition) is 1. The second-order valence-electron chi connectivity index (χ2n) is 2.90. The molecule has 0 radical (unpaired) electrons. The molecule has 0 amide bonds. The number of rotatable bonds is 1. The lowest BCUT2D eigenvalue weighted by molar-refractivity contribution is 0.927. The minimum Gasteiger partial charge on any atom is -0.303 e. The minimum absolute atomic E-state index is 0.834. The summed E-state index contributed by atoms with van der Waals surface area (Å²) in [6.45, 7) is 13.5. The van der Waals surface area contributed by atoms with Gasteiger partial charge in [0, 0.05) is 18.6 Å². The molecular weight excluding hydrogens is 160 g/mol. The van der Waals surface area contributed by atoms with Crippen LogP contribution in [0.4, 0.5) is 0 Å². The standard InChI is InChI=1S/C11H14N2/c1-6-13-10(4)8(2)7-9(3)11(13)12-5/h6-7H,1-2,4H2,3,5H3. The Hall–Kier alpha value is -1.57. The van der Waals surface area contributed by atoms with Crippen LogP contribution in [-0.4, -0.2) is 11.6 Å². The van der Waals surface area contributed by atoms with Crippen LogP contribution in [0.5, 0.6) is 0 Å². The highest BCUT2D eigenvalue weighted by Gasteiger charge is 1.95. The van der Waals surface area contributed by atoms with Crippen molar-refractivity contribution in [3.8, 4) is 0 Å². The summed E-state index contributed by atoms with van der Waals surface area (Å²) in [5.74, 6) is 0. The third-order valence-electron chi connectivity index (χ3n) is 2.03. The van der Waals surface area contributed by atoms with Gasteiger partial charge in [-0.2, -0.15) is 0 Å². The molecule has 0 atom stereocenters. The Labute approximate surface area is 77.9 Å². The van der Waals surface area contributed by atoms with Crippen LogP contribution in [0.3, 0.4) is 0 Å². The molecule has 0 bridgehead atoms. The predicted octanol–water partition coefficient (Wildman–Crippen LogP) is 0.248. The van der Waals surface area contributed by atoms with Gasteiger partial charge in [-0.05, 0) is 23.8 Å². The van der Waals surface area contributed by atoms with E-state index in [0.29, 0.717) is 0 Å². The van der Waals surface area contributed by atoms with Gasteiger partial charge in [-0.25, -0.2) is 0 Å². The van der Waals surface area contributed by atoms with Crippen LogP contribution in [0.1, 0.15) is 5.56 Å². The van der Waals surface area contributed by atoms with Gasteiger partial charge in [0.05, 0.1) is 0 Å². The van der Waals surface area contributed by atoms with Crippen molar-refractivity contribution in [3.05, 3.63) is 34.3 Å². The van der Waals surface area contributed by atoms with E-state index in [1.807, 2.05) is 17.6 Å². The first-order chi connectivity index (χ1) is 6.11. The van der Waals surface area contributed by atoms with Crippen LogP contribution < -0.4 is 16.1 Å². The Morgan fingerprint density at radius 3 is 2.54 bits per heavy atom. The van der Waals surface area contributed by atoms with Gasteiger partial charge in [0.15, 0.2) is 0 Å². The van der Waals surface area contributed by atoms with E-state index in [1.54, 1.807) is 13.2 Å². The maximum Gasteiger partial charge on any atom is 0.134 e. The van der Waals surface area contributed by atoms with Gasteiger partial charge in [0.2, 0.25) is 0 Å². The molecule has 0 aliphatic rings. The summed E-state index contributed by atoms with van der Waals surface area (Å²) in [5, 5.41) is 1.74. The fourth-order valence-electron chi connectivity index (χ4n) is 1.36. The number of pyridine rings is 1. The summed E-state index contributed by atoms with van der Waals surface area (Å²) in [6.07, 6.45) is 1.70. The zero-order valence-electron chi connectivity index (χ0n) is 8.17. The van der Waals surface area contributed by atoms with E-state index in [9.17, 15) is 0 Å². The van der Waals surface area contributed by atoms with Crippen molar-refractivity contribution in [2.75, 3.05) is 7.05 Å². The van der Waals surface area contributed by atoms with Gasteiger partial charge in [-0.1, -0.05) is 19.7 Å². The third kappa shape index (κ3) is 1.47. The first-order valence-electron chi connectivity index (χ1n) is 4.07. The molecule has 0 aliphatic carbocycles. The van der Waals surface area contributed by atoms with Crippen molar-refractivity contribution in [1.29, 1.82) is 0 Å². The molecule has 0 saturated heterocycles. The topological polar surface area (TPSA) is 17.3 Å². The average molecular weight is 174 g/mol. The van der Waals surface area contributed by atoms with Crippen molar-refractivity contribution in [3.63, 3.8) is 0 Å². The molecule has 1 aromatic heterocycles. The first-order valence-corrected chi connectivity index (χ1v) is 4.07. The molecule has 68 valence electrons. The van der Waals surface area contributed by atoms with Crippen LogP contribution in [-0.2, 0) is 0 Å². The molecule has 1 heterocycles. The van der Waals surface area contributed by atoms with E-state index >= 15 is 0 Å². The average Bonchev–Trinajstić information content (AvgIpc) is 2.10. The van der Waals surface area contributed by atoms with E-state index in [-0.39, 0.29) is 0 Å². The van der Waals surface area contributed by atoms with Gasteiger partial charge in [0.25, 0.3) is 0 Å². The Morgan fingerprint density at radius 1 is 1.46 bits per heavy atom. The fourth-order valence-corrected chi connectivity index (χ4v) is 1.36. The van der Waals surface area contributed by atoms with E-state index in [0.717, 1.165) is 21.6 Å². The highest BCUT2D eigenvalue weighted by atomic mass is 15.0. The monoisotopic (exact) mass is 174 g/mol. The van der Waals surface area contributed by atoms with Crippen molar-refractivity contribution >= 4 is 19.4 Å². The molecule has 0 spiro atoms. The summed E-state index contributed by atoms with van der Waals surface area (Å²) < 4.78 is 1.84. The maximum absolute atomic E-state index is 4.17. The van der Waals surface area contributed by atoms with Crippen molar-refractivity contribution in [1.82, 2.24) is 4.57 Å². The number of hydrogen-bond donors (Lipinski definition) is 0. The molecule has 1 rings (SSSR count). The zero-order chi connectivity index (χ0) is 10.0. The molecule has 0 saturated carbocycles. The molecular formula is C11H14N2. The quantitative estimate of drug-likeness (QED) is 0.580. The van der Waals surface area contributed by atoms with Gasteiger partial charge in [-0.15, -0.1) is 0 Å².